The van der Waals surface area contributed by atoms with Crippen molar-refractivity contribution >= 4 is 5.91 Å². The molecule has 2 aromatic rings. The molecule has 0 aliphatic carbocycles. The number of rotatable bonds is 6. The highest BCUT2D eigenvalue weighted by Gasteiger charge is 2.53. The maximum atomic E-state index is 13.4. The van der Waals surface area contributed by atoms with Crippen molar-refractivity contribution < 1.29 is 9.53 Å². The molecule has 2 atom stereocenters. The average Bonchev–Trinajstić information content (AvgIpc) is 3.26. The molecule has 1 amide bonds. The molecule has 0 spiro atoms. The number of aromatic nitrogens is 2. The van der Waals surface area contributed by atoms with Crippen molar-refractivity contribution in [3.8, 4) is 5.75 Å². The van der Waals surface area contributed by atoms with Gasteiger partial charge in [0.2, 0.25) is 5.91 Å². The Morgan fingerprint density at radius 2 is 1.87 bits per heavy atom. The van der Waals surface area contributed by atoms with Crippen molar-refractivity contribution in [3.63, 3.8) is 0 Å². The second kappa shape index (κ2) is 9.01. The van der Waals surface area contributed by atoms with Crippen LogP contribution in [0.25, 0.3) is 0 Å². The molecule has 0 bridgehead atoms. The first-order chi connectivity index (χ1) is 14.9. The largest absolute Gasteiger partial charge is 0.497 e. The molecule has 0 unspecified atom stereocenters. The Morgan fingerprint density at radius 1 is 1.16 bits per heavy atom. The van der Waals surface area contributed by atoms with Crippen LogP contribution in [0.4, 0.5) is 0 Å². The molecule has 2 fully saturated rings. The fourth-order valence-electron chi connectivity index (χ4n) is 5.48. The van der Waals surface area contributed by atoms with Gasteiger partial charge in [0.1, 0.15) is 5.75 Å². The number of methoxy groups -OCH3 is 1. The SMILES string of the molecule is COc1ccc(CN2CCC[C@]3(C(=O)N(C)C)CN(Cc4cnn(C)c4)C[C@@H]3C2)cc1. The van der Waals surface area contributed by atoms with E-state index in [4.69, 9.17) is 4.74 Å². The van der Waals surface area contributed by atoms with Crippen LogP contribution < -0.4 is 4.74 Å². The number of nitrogens with zero attached hydrogens (tertiary/aromatic N) is 5. The van der Waals surface area contributed by atoms with Gasteiger partial charge in [0.05, 0.1) is 18.7 Å². The number of carbonyl (C=O) groups excluding carboxylic acids is 1. The predicted octanol–water partition coefficient (Wildman–Crippen LogP) is 2.23. The molecule has 3 heterocycles. The minimum absolute atomic E-state index is 0.289. The van der Waals surface area contributed by atoms with Crippen LogP contribution in [0, 0.1) is 11.3 Å². The normalized spacial score (nSPS) is 24.6. The number of ether oxygens (including phenoxy) is 1. The summed E-state index contributed by atoms with van der Waals surface area (Å²) < 4.78 is 7.14. The number of carbonyl (C=O) groups is 1. The van der Waals surface area contributed by atoms with Crippen LogP contribution in [0.5, 0.6) is 5.75 Å². The Morgan fingerprint density at radius 3 is 2.52 bits per heavy atom. The zero-order chi connectivity index (χ0) is 22.0. The van der Waals surface area contributed by atoms with Gasteiger partial charge in [0.25, 0.3) is 0 Å². The van der Waals surface area contributed by atoms with Crippen LogP contribution in [0.2, 0.25) is 0 Å². The van der Waals surface area contributed by atoms with Gasteiger partial charge in [0, 0.05) is 65.6 Å². The van der Waals surface area contributed by atoms with Gasteiger partial charge in [-0.3, -0.25) is 19.3 Å². The van der Waals surface area contributed by atoms with Gasteiger partial charge in [-0.1, -0.05) is 12.1 Å². The summed E-state index contributed by atoms with van der Waals surface area (Å²) in [6.07, 6.45) is 6.01. The zero-order valence-corrected chi connectivity index (χ0v) is 19.3. The standard InChI is InChI=1S/C24H35N5O2/c1-26(2)23(30)24-10-5-11-28(14-19-6-8-22(31-4)9-7-19)16-21(24)17-29(18-24)15-20-12-25-27(3)13-20/h6-9,12-13,21H,5,10-11,14-18H2,1-4H3/t21-,24-/m0/s1. The van der Waals surface area contributed by atoms with E-state index in [9.17, 15) is 4.79 Å². The molecule has 4 rings (SSSR count). The maximum Gasteiger partial charge on any atom is 0.229 e. The van der Waals surface area contributed by atoms with Crippen molar-refractivity contribution in [2.45, 2.75) is 25.9 Å². The molecular weight excluding hydrogens is 390 g/mol. The molecule has 1 aromatic heterocycles. The van der Waals surface area contributed by atoms with Crippen LogP contribution in [0.1, 0.15) is 24.0 Å². The predicted molar refractivity (Wildman–Crippen MR) is 121 cm³/mol. The number of hydrogen-bond donors (Lipinski definition) is 0. The van der Waals surface area contributed by atoms with E-state index in [1.54, 1.807) is 12.0 Å². The molecule has 7 heteroatoms. The Hall–Kier alpha value is -2.38. The first-order valence-electron chi connectivity index (χ1n) is 11.2. The summed E-state index contributed by atoms with van der Waals surface area (Å²) in [7, 11) is 7.45. The molecule has 2 saturated heterocycles. The van der Waals surface area contributed by atoms with Gasteiger partial charge in [-0.15, -0.1) is 0 Å². The highest BCUT2D eigenvalue weighted by molar-refractivity contribution is 5.83. The van der Waals surface area contributed by atoms with Gasteiger partial charge < -0.3 is 9.64 Å². The van der Waals surface area contributed by atoms with Crippen LogP contribution in [-0.2, 0) is 24.9 Å². The molecule has 0 saturated carbocycles. The van der Waals surface area contributed by atoms with Gasteiger partial charge >= 0.3 is 0 Å². The molecular formula is C24H35N5O2. The van der Waals surface area contributed by atoms with E-state index >= 15 is 0 Å². The second-order valence-corrected chi connectivity index (χ2v) is 9.43. The van der Waals surface area contributed by atoms with E-state index in [-0.39, 0.29) is 11.3 Å². The van der Waals surface area contributed by atoms with E-state index in [1.165, 1.54) is 11.1 Å². The van der Waals surface area contributed by atoms with Gasteiger partial charge in [-0.05, 0) is 43.0 Å². The minimum atomic E-state index is -0.291. The molecule has 1 aromatic carbocycles. The molecule has 31 heavy (non-hydrogen) atoms. The monoisotopic (exact) mass is 425 g/mol. The molecule has 2 aliphatic rings. The molecule has 0 radical (unpaired) electrons. The van der Waals surface area contributed by atoms with Gasteiger partial charge in [0.15, 0.2) is 0 Å². The van der Waals surface area contributed by atoms with Gasteiger partial charge in [-0.2, -0.15) is 5.10 Å². The fourth-order valence-corrected chi connectivity index (χ4v) is 5.48. The summed E-state index contributed by atoms with van der Waals surface area (Å²) in [6, 6.07) is 8.34. The number of likely N-dealkylation sites (tertiary alicyclic amines) is 2. The van der Waals surface area contributed by atoms with E-state index in [1.807, 2.05) is 44.2 Å². The molecule has 168 valence electrons. The summed E-state index contributed by atoms with van der Waals surface area (Å²) in [5.74, 6) is 1.51. The van der Waals surface area contributed by atoms with Crippen molar-refractivity contribution in [1.29, 1.82) is 0 Å². The number of fused-ring (bicyclic) bond motifs is 1. The molecule has 7 nitrogen and oxygen atoms in total. The molecule has 0 N–H and O–H groups in total. The lowest BCUT2D eigenvalue weighted by atomic mass is 9.74. The summed E-state index contributed by atoms with van der Waals surface area (Å²) in [5, 5.41) is 4.31. The summed E-state index contributed by atoms with van der Waals surface area (Å²) in [6.45, 7) is 5.54. The lowest BCUT2D eigenvalue weighted by Crippen LogP contribution is -2.47. The summed E-state index contributed by atoms with van der Waals surface area (Å²) in [4.78, 5) is 20.2. The lowest BCUT2D eigenvalue weighted by Gasteiger charge is -2.35. The Labute approximate surface area is 185 Å². The summed E-state index contributed by atoms with van der Waals surface area (Å²) >= 11 is 0. The van der Waals surface area contributed by atoms with Crippen LogP contribution in [0.3, 0.4) is 0 Å². The van der Waals surface area contributed by atoms with E-state index < -0.39 is 0 Å². The van der Waals surface area contributed by atoms with Gasteiger partial charge in [-0.25, -0.2) is 0 Å². The van der Waals surface area contributed by atoms with Crippen molar-refractivity contribution in [2.24, 2.45) is 18.4 Å². The van der Waals surface area contributed by atoms with Crippen LogP contribution in [0.15, 0.2) is 36.7 Å². The average molecular weight is 426 g/mol. The van der Waals surface area contributed by atoms with E-state index in [2.05, 4.69) is 33.2 Å². The third-order valence-corrected chi connectivity index (χ3v) is 6.90. The number of amides is 1. The number of aryl methyl sites for hydroxylation is 1. The molecule has 2 aliphatic heterocycles. The number of benzene rings is 1. The quantitative estimate of drug-likeness (QED) is 0.711. The van der Waals surface area contributed by atoms with E-state index in [0.29, 0.717) is 5.92 Å². The first kappa shape index (κ1) is 21.8. The zero-order valence-electron chi connectivity index (χ0n) is 19.3. The van der Waals surface area contributed by atoms with Crippen molar-refractivity contribution in [2.75, 3.05) is 47.4 Å². The van der Waals surface area contributed by atoms with Crippen molar-refractivity contribution in [1.82, 2.24) is 24.5 Å². The maximum absolute atomic E-state index is 13.4. The highest BCUT2D eigenvalue weighted by atomic mass is 16.5. The minimum Gasteiger partial charge on any atom is -0.497 e. The Kier molecular flexibility index (Phi) is 6.34. The fraction of sp³-hybridized carbons (Fsp3) is 0.583. The van der Waals surface area contributed by atoms with Crippen LogP contribution in [-0.4, -0.2) is 77.8 Å². The third kappa shape index (κ3) is 4.62. The third-order valence-electron chi connectivity index (χ3n) is 6.90. The van der Waals surface area contributed by atoms with E-state index in [0.717, 1.165) is 57.9 Å². The van der Waals surface area contributed by atoms with Crippen molar-refractivity contribution in [3.05, 3.63) is 47.8 Å². The Bertz CT molecular complexity index is 894. The lowest BCUT2D eigenvalue weighted by molar-refractivity contribution is -0.141. The second-order valence-electron chi connectivity index (χ2n) is 9.43. The van der Waals surface area contributed by atoms with Crippen LogP contribution >= 0.6 is 0 Å². The number of hydrogen-bond acceptors (Lipinski definition) is 5. The first-order valence-corrected chi connectivity index (χ1v) is 11.2. The summed E-state index contributed by atoms with van der Waals surface area (Å²) in [5.41, 5.74) is 2.21. The topological polar surface area (TPSA) is 53.8 Å². The highest BCUT2D eigenvalue weighted by Crippen LogP contribution is 2.44. The smallest absolute Gasteiger partial charge is 0.229 e. The Balaban J connectivity index is 1.51.